The van der Waals surface area contributed by atoms with Crippen LogP contribution in [-0.2, 0) is 22.4 Å². The summed E-state index contributed by atoms with van der Waals surface area (Å²) in [6.45, 7) is 11.0. The normalized spacial score (nSPS) is 12.4. The minimum atomic E-state index is -4.58. The third-order valence-corrected chi connectivity index (χ3v) is 9.01. The van der Waals surface area contributed by atoms with E-state index in [4.69, 9.17) is 9.47 Å². The predicted molar refractivity (Wildman–Crippen MR) is 184 cm³/mol. The number of nitrogens with zero attached hydrogens (tertiary/aromatic N) is 3. The Labute approximate surface area is 284 Å². The number of alkyl halides is 3. The molecule has 0 saturated carbocycles. The second-order valence-corrected chi connectivity index (χ2v) is 14.0. The average molecular weight is 674 g/mol. The number of benzene rings is 1. The minimum Gasteiger partial charge on any atom is -0.492 e. The molecule has 2 heterocycles. The fraction of sp³-hybridized carbons (Fsp3) is 0.605. The van der Waals surface area contributed by atoms with E-state index < -0.39 is 23.3 Å². The van der Waals surface area contributed by atoms with Crippen molar-refractivity contribution in [2.45, 2.75) is 125 Å². The Morgan fingerprint density at radius 1 is 0.833 bits per heavy atom. The lowest BCUT2D eigenvalue weighted by molar-refractivity contribution is -0.151. The standard InChI is InChI=1S/C38H54F3N3O4/c1-6-37(7-2,35(45)46)27-48-31-20-17-29(18-21-31)32-22-19-30(25-42-32)34-43-33(38(39,40)41)26-44(34)28-47-24-16-14-12-10-8-9-11-13-15-23-36(3,4)5/h17-22,25-26H,6-16,23-24,27-28H2,1-5H3,(H,45,46). The zero-order valence-corrected chi connectivity index (χ0v) is 29.4. The molecule has 0 radical (unpaired) electrons. The van der Waals surface area contributed by atoms with E-state index in [0.29, 0.717) is 41.9 Å². The highest BCUT2D eigenvalue weighted by atomic mass is 19.4. The molecule has 0 aliphatic rings. The van der Waals surface area contributed by atoms with E-state index in [-0.39, 0.29) is 19.2 Å². The number of aliphatic carboxylic acids is 1. The van der Waals surface area contributed by atoms with Crippen LogP contribution in [0.4, 0.5) is 13.2 Å². The van der Waals surface area contributed by atoms with Gasteiger partial charge in [0.1, 0.15) is 30.3 Å². The first kappa shape index (κ1) is 39.0. The lowest BCUT2D eigenvalue weighted by atomic mass is 9.83. The highest BCUT2D eigenvalue weighted by Crippen LogP contribution is 2.32. The summed E-state index contributed by atoms with van der Waals surface area (Å²) in [7, 11) is 0. The minimum absolute atomic E-state index is 0.0323. The summed E-state index contributed by atoms with van der Waals surface area (Å²) >= 11 is 0. The highest BCUT2D eigenvalue weighted by molar-refractivity contribution is 5.74. The summed E-state index contributed by atoms with van der Waals surface area (Å²) in [5, 5.41) is 9.64. The number of carboxylic acid groups (broad SMARTS) is 1. The molecule has 1 N–H and O–H groups in total. The van der Waals surface area contributed by atoms with Gasteiger partial charge in [-0.15, -0.1) is 0 Å². The van der Waals surface area contributed by atoms with Gasteiger partial charge >= 0.3 is 12.1 Å². The third-order valence-electron chi connectivity index (χ3n) is 9.01. The summed E-state index contributed by atoms with van der Waals surface area (Å²) in [5.74, 6) is -0.194. The molecule has 0 aliphatic heterocycles. The molecular weight excluding hydrogens is 619 g/mol. The molecule has 0 amide bonds. The van der Waals surface area contributed by atoms with Crippen molar-refractivity contribution in [1.82, 2.24) is 14.5 Å². The molecule has 0 saturated heterocycles. The van der Waals surface area contributed by atoms with Gasteiger partial charge in [0.2, 0.25) is 0 Å². The Balaban J connectivity index is 1.50. The van der Waals surface area contributed by atoms with Gasteiger partial charge in [0.05, 0.1) is 5.69 Å². The van der Waals surface area contributed by atoms with E-state index in [1.165, 1.54) is 55.7 Å². The van der Waals surface area contributed by atoms with E-state index >= 15 is 0 Å². The van der Waals surface area contributed by atoms with Crippen LogP contribution in [0.25, 0.3) is 22.6 Å². The summed E-state index contributed by atoms with van der Waals surface area (Å²) in [6, 6.07) is 10.5. The molecule has 2 aromatic heterocycles. The fourth-order valence-electron chi connectivity index (χ4n) is 5.60. The zero-order valence-electron chi connectivity index (χ0n) is 29.4. The van der Waals surface area contributed by atoms with Crippen LogP contribution in [0.15, 0.2) is 48.8 Å². The Morgan fingerprint density at radius 3 is 1.94 bits per heavy atom. The van der Waals surface area contributed by atoms with Gasteiger partial charge in [0, 0.05) is 30.1 Å². The zero-order chi connectivity index (χ0) is 35.2. The number of rotatable bonds is 21. The molecule has 3 rings (SSSR count). The van der Waals surface area contributed by atoms with E-state index in [2.05, 4.69) is 30.7 Å². The number of pyridine rings is 1. The second kappa shape index (κ2) is 18.4. The van der Waals surface area contributed by atoms with E-state index in [0.717, 1.165) is 31.0 Å². The molecule has 0 bridgehead atoms. The maximum atomic E-state index is 13.6. The Morgan fingerprint density at radius 2 is 1.42 bits per heavy atom. The molecule has 0 aliphatic carbocycles. The summed E-state index contributed by atoms with van der Waals surface area (Å²) in [4.78, 5) is 20.1. The van der Waals surface area contributed by atoms with Crippen molar-refractivity contribution in [3.63, 3.8) is 0 Å². The average Bonchev–Trinajstić information content (AvgIpc) is 3.49. The highest BCUT2D eigenvalue weighted by Gasteiger charge is 2.36. The number of halogens is 3. The number of carbonyl (C=O) groups is 1. The molecule has 266 valence electrons. The predicted octanol–water partition coefficient (Wildman–Crippen LogP) is 10.8. The molecule has 10 heteroatoms. The Kier molecular flexibility index (Phi) is 15.0. The van der Waals surface area contributed by atoms with Gasteiger partial charge < -0.3 is 19.1 Å². The van der Waals surface area contributed by atoms with Gasteiger partial charge in [0.15, 0.2) is 5.69 Å². The van der Waals surface area contributed by atoms with E-state index in [1.807, 2.05) is 26.0 Å². The topological polar surface area (TPSA) is 86.5 Å². The van der Waals surface area contributed by atoms with Crippen molar-refractivity contribution in [2.24, 2.45) is 10.8 Å². The van der Waals surface area contributed by atoms with Crippen LogP contribution in [0.5, 0.6) is 5.75 Å². The van der Waals surface area contributed by atoms with Crippen LogP contribution in [0.2, 0.25) is 0 Å². The number of carboxylic acids is 1. The number of aromatic nitrogens is 3. The van der Waals surface area contributed by atoms with E-state index in [1.54, 1.807) is 24.3 Å². The van der Waals surface area contributed by atoms with Crippen molar-refractivity contribution in [3.05, 3.63) is 54.5 Å². The Hall–Kier alpha value is -3.40. The largest absolute Gasteiger partial charge is 0.492 e. The van der Waals surface area contributed by atoms with Crippen LogP contribution >= 0.6 is 0 Å². The molecule has 7 nitrogen and oxygen atoms in total. The maximum absolute atomic E-state index is 13.6. The molecule has 0 spiro atoms. The van der Waals surface area contributed by atoms with Crippen LogP contribution in [0, 0.1) is 10.8 Å². The van der Waals surface area contributed by atoms with Crippen LogP contribution < -0.4 is 4.74 Å². The quantitative estimate of drug-likeness (QED) is 0.113. The number of hydrogen-bond acceptors (Lipinski definition) is 5. The van der Waals surface area contributed by atoms with Crippen molar-refractivity contribution in [2.75, 3.05) is 13.2 Å². The van der Waals surface area contributed by atoms with Crippen LogP contribution in [0.1, 0.15) is 117 Å². The Bertz CT molecular complexity index is 1380. The first-order valence-electron chi connectivity index (χ1n) is 17.4. The molecule has 3 aromatic rings. The fourth-order valence-corrected chi connectivity index (χ4v) is 5.60. The van der Waals surface area contributed by atoms with Crippen LogP contribution in [-0.4, -0.2) is 38.8 Å². The molecular formula is C38H54F3N3O4. The van der Waals surface area contributed by atoms with Gasteiger partial charge in [-0.1, -0.05) is 86.0 Å². The molecule has 0 atom stereocenters. The first-order chi connectivity index (χ1) is 22.8. The second-order valence-electron chi connectivity index (χ2n) is 14.0. The summed E-state index contributed by atoms with van der Waals surface area (Å²) in [6.07, 6.45) is 10.8. The third kappa shape index (κ3) is 12.2. The lowest BCUT2D eigenvalue weighted by Gasteiger charge is -2.26. The monoisotopic (exact) mass is 673 g/mol. The number of hydrogen-bond donors (Lipinski definition) is 1. The van der Waals surface area contributed by atoms with Gasteiger partial charge in [-0.05, 0) is 67.5 Å². The number of imidazole rings is 1. The van der Waals surface area contributed by atoms with Crippen molar-refractivity contribution < 1.29 is 32.5 Å². The first-order valence-corrected chi connectivity index (χ1v) is 17.4. The van der Waals surface area contributed by atoms with Crippen LogP contribution in [0.3, 0.4) is 0 Å². The molecule has 48 heavy (non-hydrogen) atoms. The summed E-state index contributed by atoms with van der Waals surface area (Å²) < 4.78 is 53.7. The smallest absolute Gasteiger partial charge is 0.434 e. The lowest BCUT2D eigenvalue weighted by Crippen LogP contribution is -2.36. The van der Waals surface area contributed by atoms with Gasteiger partial charge in [-0.25, -0.2) is 4.98 Å². The van der Waals surface area contributed by atoms with Crippen molar-refractivity contribution in [3.8, 4) is 28.4 Å². The number of unbranched alkanes of at least 4 members (excludes halogenated alkanes) is 8. The van der Waals surface area contributed by atoms with Gasteiger partial charge in [0.25, 0.3) is 0 Å². The SMILES string of the molecule is CCC(CC)(COc1ccc(-c2ccc(-c3nc(C(F)(F)F)cn3COCCCCCCCCCCCC(C)(C)C)cn2)cc1)C(=O)O. The van der Waals surface area contributed by atoms with E-state index in [9.17, 15) is 23.1 Å². The molecule has 0 fully saturated rings. The maximum Gasteiger partial charge on any atom is 0.434 e. The summed E-state index contributed by atoms with van der Waals surface area (Å²) in [5.41, 5.74) is 0.353. The number of ether oxygens (including phenoxy) is 2. The molecule has 0 unspecified atom stereocenters. The van der Waals surface area contributed by atoms with Gasteiger partial charge in [-0.3, -0.25) is 9.78 Å². The molecule has 1 aromatic carbocycles. The van der Waals surface area contributed by atoms with Crippen molar-refractivity contribution in [1.29, 1.82) is 0 Å². The van der Waals surface area contributed by atoms with Crippen molar-refractivity contribution >= 4 is 5.97 Å². The van der Waals surface area contributed by atoms with Gasteiger partial charge in [-0.2, -0.15) is 13.2 Å².